The predicted octanol–water partition coefficient (Wildman–Crippen LogP) is 0.811. The van der Waals surface area contributed by atoms with Gasteiger partial charge in [0.2, 0.25) is 0 Å². The Labute approximate surface area is 98.0 Å². The first kappa shape index (κ1) is 10.4. The summed E-state index contributed by atoms with van der Waals surface area (Å²) in [5.41, 5.74) is 3.94. The van der Waals surface area contributed by atoms with E-state index in [1.54, 1.807) is 6.33 Å². The number of imidazole rings is 1. The molecular weight excluding hydrogens is 220 g/mol. The maximum absolute atomic E-state index is 5.71. The minimum Gasteiger partial charge on any atom is -0.358 e. The molecule has 1 atom stereocenters. The number of hydrogen-bond donors (Lipinski definition) is 2. The zero-order valence-corrected chi connectivity index (χ0v) is 9.33. The molecule has 1 fully saturated rings. The minimum atomic E-state index is 0.0225. The predicted molar refractivity (Wildman–Crippen MR) is 62.0 cm³/mol. The van der Waals surface area contributed by atoms with Gasteiger partial charge in [0, 0.05) is 6.61 Å². The molecule has 1 saturated heterocycles. The summed E-state index contributed by atoms with van der Waals surface area (Å²) in [6, 6.07) is 0. The number of ether oxygens (including phenoxy) is 1. The summed E-state index contributed by atoms with van der Waals surface area (Å²) in [4.78, 5) is 12.5. The fraction of sp³-hybridized carbons (Fsp3) is 0.500. The molecule has 1 aliphatic heterocycles. The van der Waals surface area contributed by atoms with Crippen LogP contribution in [0.25, 0.3) is 11.2 Å². The van der Waals surface area contributed by atoms with Crippen molar-refractivity contribution in [3.05, 3.63) is 12.7 Å². The second kappa shape index (κ2) is 4.27. The lowest BCUT2D eigenvalue weighted by molar-refractivity contribution is -0.0298. The highest BCUT2D eigenvalue weighted by Crippen LogP contribution is 2.26. The summed E-state index contributed by atoms with van der Waals surface area (Å²) in [5, 5.41) is 0. The highest BCUT2D eigenvalue weighted by Gasteiger charge is 2.19. The first-order chi connectivity index (χ1) is 8.40. The first-order valence-corrected chi connectivity index (χ1v) is 5.66. The van der Waals surface area contributed by atoms with Crippen LogP contribution in [0.4, 0.5) is 5.82 Å². The van der Waals surface area contributed by atoms with Gasteiger partial charge in [-0.2, -0.15) is 0 Å². The fourth-order valence-electron chi connectivity index (χ4n) is 2.11. The number of fused-ring (bicyclic) bond motifs is 1. The van der Waals surface area contributed by atoms with E-state index in [2.05, 4.69) is 20.4 Å². The Balaban J connectivity index is 2.05. The van der Waals surface area contributed by atoms with E-state index in [0.717, 1.165) is 31.5 Å². The molecule has 7 heteroatoms. The Morgan fingerprint density at radius 3 is 3.06 bits per heavy atom. The third-order valence-electron chi connectivity index (χ3n) is 2.96. The lowest BCUT2D eigenvalue weighted by Crippen LogP contribution is -2.18. The average molecular weight is 234 g/mol. The van der Waals surface area contributed by atoms with Crippen LogP contribution in [0.5, 0.6) is 0 Å². The third kappa shape index (κ3) is 1.73. The highest BCUT2D eigenvalue weighted by atomic mass is 16.5. The van der Waals surface area contributed by atoms with E-state index >= 15 is 0 Å². The van der Waals surface area contributed by atoms with Gasteiger partial charge in [-0.05, 0) is 19.3 Å². The topological polar surface area (TPSA) is 90.9 Å². The van der Waals surface area contributed by atoms with Crippen molar-refractivity contribution in [2.24, 2.45) is 5.84 Å². The quantitative estimate of drug-likeness (QED) is 0.590. The number of nitrogens with two attached hydrogens (primary N) is 1. The number of hydrogen-bond acceptors (Lipinski definition) is 6. The van der Waals surface area contributed by atoms with Crippen molar-refractivity contribution in [1.82, 2.24) is 19.5 Å². The van der Waals surface area contributed by atoms with Crippen molar-refractivity contribution in [2.75, 3.05) is 12.0 Å². The average Bonchev–Trinajstić information content (AvgIpc) is 2.83. The Morgan fingerprint density at radius 2 is 2.29 bits per heavy atom. The summed E-state index contributed by atoms with van der Waals surface area (Å²) in [5.74, 6) is 5.91. The molecule has 0 aromatic carbocycles. The minimum absolute atomic E-state index is 0.0225. The van der Waals surface area contributed by atoms with Crippen LogP contribution in [0.3, 0.4) is 0 Å². The van der Waals surface area contributed by atoms with Crippen molar-refractivity contribution >= 4 is 17.0 Å². The molecule has 1 aliphatic rings. The van der Waals surface area contributed by atoms with Gasteiger partial charge in [0.15, 0.2) is 17.0 Å². The summed E-state index contributed by atoms with van der Waals surface area (Å²) < 4.78 is 7.66. The summed E-state index contributed by atoms with van der Waals surface area (Å²) in [6.07, 6.45) is 6.50. The van der Waals surface area contributed by atoms with E-state index in [4.69, 9.17) is 10.6 Å². The molecule has 3 N–H and O–H groups in total. The SMILES string of the molecule is NNc1ncnc2c1ncn2[C@@H]1CCCCO1. The van der Waals surface area contributed by atoms with Gasteiger partial charge >= 0.3 is 0 Å². The Hall–Kier alpha value is -1.73. The van der Waals surface area contributed by atoms with Crippen molar-refractivity contribution in [3.63, 3.8) is 0 Å². The second-order valence-electron chi connectivity index (χ2n) is 4.01. The molecule has 0 aliphatic carbocycles. The number of hydrazine groups is 1. The van der Waals surface area contributed by atoms with Gasteiger partial charge < -0.3 is 10.2 Å². The number of aromatic nitrogens is 4. The van der Waals surface area contributed by atoms with Crippen LogP contribution in [0.15, 0.2) is 12.7 Å². The van der Waals surface area contributed by atoms with Crippen LogP contribution < -0.4 is 11.3 Å². The van der Waals surface area contributed by atoms with Crippen LogP contribution in [0.2, 0.25) is 0 Å². The number of anilines is 1. The molecule has 3 heterocycles. The Bertz CT molecular complexity index is 518. The van der Waals surface area contributed by atoms with Crippen molar-refractivity contribution in [1.29, 1.82) is 0 Å². The Kier molecular flexibility index (Phi) is 2.62. The van der Waals surface area contributed by atoms with Gasteiger partial charge in [-0.3, -0.25) is 4.57 Å². The number of rotatable bonds is 2. The van der Waals surface area contributed by atoms with Gasteiger partial charge in [0.25, 0.3) is 0 Å². The van der Waals surface area contributed by atoms with E-state index < -0.39 is 0 Å². The maximum atomic E-state index is 5.71. The molecule has 0 radical (unpaired) electrons. The zero-order valence-electron chi connectivity index (χ0n) is 9.33. The standard InChI is InChI=1S/C10H14N6O/c11-15-9-8-10(13-5-12-9)16(6-14-8)7-3-1-2-4-17-7/h5-7H,1-4,11H2,(H,12,13,15)/t7-/m0/s1. The highest BCUT2D eigenvalue weighted by molar-refractivity contribution is 5.82. The molecule has 7 nitrogen and oxygen atoms in total. The molecule has 17 heavy (non-hydrogen) atoms. The molecule has 90 valence electrons. The molecule has 0 spiro atoms. The first-order valence-electron chi connectivity index (χ1n) is 5.66. The van der Waals surface area contributed by atoms with Crippen molar-refractivity contribution in [2.45, 2.75) is 25.5 Å². The summed E-state index contributed by atoms with van der Waals surface area (Å²) >= 11 is 0. The second-order valence-corrected chi connectivity index (χ2v) is 4.01. The number of nitrogen functional groups attached to an aromatic ring is 1. The van der Waals surface area contributed by atoms with Crippen LogP contribution >= 0.6 is 0 Å². The van der Waals surface area contributed by atoms with Gasteiger partial charge in [0.05, 0.1) is 6.33 Å². The summed E-state index contributed by atoms with van der Waals surface area (Å²) in [6.45, 7) is 0.789. The normalized spacial score (nSPS) is 20.6. The van der Waals surface area contributed by atoms with E-state index in [1.165, 1.54) is 6.33 Å². The molecule has 0 unspecified atom stereocenters. The van der Waals surface area contributed by atoms with Gasteiger partial charge in [-0.15, -0.1) is 0 Å². The molecular formula is C10H14N6O. The molecule has 2 aromatic rings. The zero-order chi connectivity index (χ0) is 11.7. The monoisotopic (exact) mass is 234 g/mol. The molecule has 2 aromatic heterocycles. The van der Waals surface area contributed by atoms with Crippen LogP contribution in [-0.2, 0) is 4.74 Å². The fourth-order valence-corrected chi connectivity index (χ4v) is 2.11. The van der Waals surface area contributed by atoms with Gasteiger partial charge in [0.1, 0.15) is 12.6 Å². The smallest absolute Gasteiger partial charge is 0.171 e. The number of nitrogens with one attached hydrogen (secondary N) is 1. The van der Waals surface area contributed by atoms with Crippen LogP contribution in [0.1, 0.15) is 25.5 Å². The van der Waals surface area contributed by atoms with Crippen LogP contribution in [0, 0.1) is 0 Å². The van der Waals surface area contributed by atoms with E-state index in [9.17, 15) is 0 Å². The molecule has 0 bridgehead atoms. The Morgan fingerprint density at radius 1 is 1.35 bits per heavy atom. The van der Waals surface area contributed by atoms with E-state index in [1.807, 2.05) is 4.57 Å². The van der Waals surface area contributed by atoms with Gasteiger partial charge in [-0.1, -0.05) is 0 Å². The van der Waals surface area contributed by atoms with E-state index in [0.29, 0.717) is 11.3 Å². The largest absolute Gasteiger partial charge is 0.358 e. The number of nitrogens with zero attached hydrogens (tertiary/aromatic N) is 4. The maximum Gasteiger partial charge on any atom is 0.171 e. The molecule has 0 saturated carbocycles. The lowest BCUT2D eigenvalue weighted by atomic mass is 10.2. The van der Waals surface area contributed by atoms with Crippen molar-refractivity contribution in [3.8, 4) is 0 Å². The summed E-state index contributed by atoms with van der Waals surface area (Å²) in [7, 11) is 0. The van der Waals surface area contributed by atoms with E-state index in [-0.39, 0.29) is 6.23 Å². The lowest BCUT2D eigenvalue weighted by Gasteiger charge is -2.23. The van der Waals surface area contributed by atoms with Crippen LogP contribution in [-0.4, -0.2) is 26.1 Å². The van der Waals surface area contributed by atoms with Gasteiger partial charge in [-0.25, -0.2) is 20.8 Å². The molecule has 3 rings (SSSR count). The third-order valence-corrected chi connectivity index (χ3v) is 2.96. The van der Waals surface area contributed by atoms with Crippen molar-refractivity contribution < 1.29 is 4.74 Å². The molecule has 0 amide bonds.